The van der Waals surface area contributed by atoms with E-state index in [0.29, 0.717) is 12.8 Å². The Morgan fingerprint density at radius 1 is 0.826 bits per heavy atom. The maximum Gasteiger partial charge on any atom is 0.374 e. The third kappa shape index (κ3) is 11.4. The highest BCUT2D eigenvalue weighted by Gasteiger charge is 2.37. The molecule has 0 spiro atoms. The summed E-state index contributed by atoms with van der Waals surface area (Å²) in [5, 5.41) is 42.1. The molecular weight excluding hydrogens is 314 g/mol. The molecule has 0 amide bonds. The summed E-state index contributed by atoms with van der Waals surface area (Å²) < 4.78 is 25.0. The molecule has 0 saturated heterocycles. The average Bonchev–Trinajstić information content (AvgIpc) is 2.54. The number of carboxylic acid groups (broad SMARTS) is 1. The lowest BCUT2D eigenvalue weighted by Gasteiger charge is -2.23. The summed E-state index contributed by atoms with van der Waals surface area (Å²) in [6, 6.07) is 0. The van der Waals surface area contributed by atoms with Crippen LogP contribution in [-0.4, -0.2) is 63.9 Å². The van der Waals surface area contributed by atoms with Gasteiger partial charge in [-0.15, -0.1) is 0 Å². The Morgan fingerprint density at radius 3 is 1.52 bits per heavy atom. The number of alkyl halides is 2. The van der Waals surface area contributed by atoms with Gasteiger partial charge in [-0.25, -0.2) is 4.79 Å². The summed E-state index contributed by atoms with van der Waals surface area (Å²) in [6.07, 6.45) is 4.67. The van der Waals surface area contributed by atoms with Gasteiger partial charge in [0.25, 0.3) is 0 Å². The van der Waals surface area contributed by atoms with Crippen LogP contribution in [0.4, 0.5) is 8.78 Å². The Labute approximate surface area is 135 Å². The Balaban J connectivity index is 0. The van der Waals surface area contributed by atoms with Gasteiger partial charge >= 0.3 is 11.9 Å². The van der Waals surface area contributed by atoms with Gasteiger partial charge in [0, 0.05) is 6.42 Å². The van der Waals surface area contributed by atoms with Crippen LogP contribution in [-0.2, 0) is 4.79 Å². The zero-order valence-electron chi connectivity index (χ0n) is 13.7. The number of rotatable bonds is 12. The molecule has 0 radical (unpaired) electrons. The van der Waals surface area contributed by atoms with Gasteiger partial charge in [0.2, 0.25) is 0 Å². The van der Waals surface area contributed by atoms with Gasteiger partial charge in [-0.3, -0.25) is 0 Å². The number of unbranched alkanes of at least 4 members (excludes halogenated alkanes) is 5. The highest BCUT2D eigenvalue weighted by molar-refractivity contribution is 5.75. The number of hydrogen-bond donors (Lipinski definition) is 5. The third-order valence-corrected chi connectivity index (χ3v) is 3.50. The normalized spacial score (nSPS) is 11.8. The third-order valence-electron chi connectivity index (χ3n) is 3.50. The van der Waals surface area contributed by atoms with Crippen molar-refractivity contribution in [2.45, 2.75) is 57.8 Å². The fraction of sp³-hybridized carbons (Fsp3) is 0.933. The Bertz CT molecular complexity index is 278. The second-order valence-corrected chi connectivity index (χ2v) is 5.66. The Morgan fingerprint density at radius 2 is 1.22 bits per heavy atom. The van der Waals surface area contributed by atoms with Crippen LogP contribution in [0.25, 0.3) is 0 Å². The number of halogens is 2. The van der Waals surface area contributed by atoms with Crippen LogP contribution in [0.2, 0.25) is 0 Å². The standard InChI is InChI=1S/C10H18F2O2.C5H12O4/c1-2-3-4-5-6-7-8-10(11,12)9(13)14;6-1-5(2-7,3-8)4-9/h2-8H2,1H3,(H,13,14);6-9H,1-4H2. The van der Waals surface area contributed by atoms with Crippen molar-refractivity contribution in [1.82, 2.24) is 0 Å². The predicted octanol–water partition coefficient (Wildman–Crippen LogP) is 1.40. The molecule has 8 heteroatoms. The first-order valence-electron chi connectivity index (χ1n) is 7.80. The number of carbonyl (C=O) groups is 1. The molecule has 0 aromatic carbocycles. The van der Waals surface area contributed by atoms with Crippen LogP contribution in [0.3, 0.4) is 0 Å². The predicted molar refractivity (Wildman–Crippen MR) is 81.4 cm³/mol. The summed E-state index contributed by atoms with van der Waals surface area (Å²) in [6.45, 7) is 0.457. The summed E-state index contributed by atoms with van der Waals surface area (Å²) in [5.74, 6) is -5.55. The lowest BCUT2D eigenvalue weighted by Crippen LogP contribution is -2.37. The molecule has 23 heavy (non-hydrogen) atoms. The van der Waals surface area contributed by atoms with Gasteiger partial charge < -0.3 is 25.5 Å². The molecule has 5 N–H and O–H groups in total. The van der Waals surface area contributed by atoms with E-state index in [-0.39, 0.29) is 0 Å². The van der Waals surface area contributed by atoms with Gasteiger partial charge in [-0.05, 0) is 6.42 Å². The first kappa shape index (κ1) is 24.4. The van der Waals surface area contributed by atoms with Gasteiger partial charge in [-0.1, -0.05) is 39.0 Å². The molecule has 0 heterocycles. The minimum atomic E-state index is -3.54. The molecule has 0 aliphatic heterocycles. The molecule has 6 nitrogen and oxygen atoms in total. The van der Waals surface area contributed by atoms with E-state index >= 15 is 0 Å². The summed E-state index contributed by atoms with van der Waals surface area (Å²) >= 11 is 0. The highest BCUT2D eigenvalue weighted by atomic mass is 19.3. The van der Waals surface area contributed by atoms with E-state index in [2.05, 4.69) is 6.92 Å². The number of carboxylic acids is 1. The fourth-order valence-electron chi connectivity index (χ4n) is 1.53. The molecule has 0 saturated carbocycles. The van der Waals surface area contributed by atoms with E-state index in [4.69, 9.17) is 25.5 Å². The van der Waals surface area contributed by atoms with Crippen molar-refractivity contribution in [2.24, 2.45) is 5.41 Å². The first-order valence-corrected chi connectivity index (χ1v) is 7.80. The summed E-state index contributed by atoms with van der Waals surface area (Å²) in [4.78, 5) is 10.0. The first-order chi connectivity index (χ1) is 10.7. The van der Waals surface area contributed by atoms with Gasteiger partial charge in [0.15, 0.2) is 0 Å². The number of aliphatic hydroxyl groups is 4. The fourth-order valence-corrected chi connectivity index (χ4v) is 1.53. The second kappa shape index (κ2) is 13.6. The lowest BCUT2D eigenvalue weighted by atomic mass is 9.93. The number of hydrogen-bond acceptors (Lipinski definition) is 5. The van der Waals surface area contributed by atoms with Crippen LogP contribution >= 0.6 is 0 Å². The van der Waals surface area contributed by atoms with Crippen molar-refractivity contribution >= 4 is 5.97 Å². The SMILES string of the molecule is CCCCCCCCC(F)(F)C(=O)O.OCC(CO)(CO)CO. The summed E-state index contributed by atoms with van der Waals surface area (Å²) in [7, 11) is 0. The van der Waals surface area contributed by atoms with E-state index in [9.17, 15) is 13.6 Å². The van der Waals surface area contributed by atoms with Crippen LogP contribution in [0.1, 0.15) is 51.9 Å². The summed E-state index contributed by atoms with van der Waals surface area (Å²) in [5.41, 5.74) is -1.11. The molecule has 0 bridgehead atoms. The minimum Gasteiger partial charge on any atom is -0.477 e. The van der Waals surface area contributed by atoms with E-state index < -0.39 is 50.2 Å². The lowest BCUT2D eigenvalue weighted by molar-refractivity contribution is -0.165. The molecule has 0 aromatic heterocycles. The monoisotopic (exact) mass is 344 g/mol. The van der Waals surface area contributed by atoms with Crippen molar-refractivity contribution in [2.75, 3.05) is 26.4 Å². The quantitative estimate of drug-likeness (QED) is 0.342. The molecule has 0 atom stereocenters. The van der Waals surface area contributed by atoms with Gasteiger partial charge in [0.1, 0.15) is 0 Å². The molecular formula is C15H30F2O6. The van der Waals surface area contributed by atoms with Crippen molar-refractivity contribution < 1.29 is 39.1 Å². The Hall–Kier alpha value is -0.830. The van der Waals surface area contributed by atoms with E-state index in [0.717, 1.165) is 25.7 Å². The molecule has 0 fully saturated rings. The number of aliphatic carboxylic acids is 1. The molecule has 0 aliphatic rings. The van der Waals surface area contributed by atoms with Crippen LogP contribution in [0, 0.1) is 5.41 Å². The zero-order valence-corrected chi connectivity index (χ0v) is 13.7. The van der Waals surface area contributed by atoms with Crippen LogP contribution in [0.15, 0.2) is 0 Å². The number of aliphatic hydroxyl groups excluding tert-OH is 4. The second-order valence-electron chi connectivity index (χ2n) is 5.66. The van der Waals surface area contributed by atoms with Crippen LogP contribution in [0.5, 0.6) is 0 Å². The minimum absolute atomic E-state index is 0.295. The van der Waals surface area contributed by atoms with E-state index in [1.165, 1.54) is 0 Å². The molecule has 0 rings (SSSR count). The van der Waals surface area contributed by atoms with Crippen molar-refractivity contribution in [3.63, 3.8) is 0 Å². The van der Waals surface area contributed by atoms with Crippen molar-refractivity contribution in [1.29, 1.82) is 0 Å². The average molecular weight is 344 g/mol. The largest absolute Gasteiger partial charge is 0.477 e. The molecule has 0 aromatic rings. The Kier molecular flexibility index (Phi) is 14.4. The smallest absolute Gasteiger partial charge is 0.374 e. The van der Waals surface area contributed by atoms with E-state index in [1.807, 2.05) is 0 Å². The van der Waals surface area contributed by atoms with Gasteiger partial charge in [-0.2, -0.15) is 8.78 Å². The molecule has 0 unspecified atom stereocenters. The highest BCUT2D eigenvalue weighted by Crippen LogP contribution is 2.22. The molecule has 140 valence electrons. The maximum absolute atomic E-state index is 12.5. The zero-order chi connectivity index (χ0) is 18.4. The van der Waals surface area contributed by atoms with Crippen LogP contribution < -0.4 is 0 Å². The van der Waals surface area contributed by atoms with Gasteiger partial charge in [0.05, 0.1) is 31.8 Å². The van der Waals surface area contributed by atoms with Crippen molar-refractivity contribution in [3.05, 3.63) is 0 Å². The van der Waals surface area contributed by atoms with E-state index in [1.54, 1.807) is 0 Å². The maximum atomic E-state index is 12.5. The van der Waals surface area contributed by atoms with Crippen molar-refractivity contribution in [3.8, 4) is 0 Å². The molecule has 0 aliphatic carbocycles. The topological polar surface area (TPSA) is 118 Å².